The van der Waals surface area contributed by atoms with Crippen molar-refractivity contribution >= 4 is 23.2 Å². The van der Waals surface area contributed by atoms with Crippen LogP contribution in [0.4, 0.5) is 20.2 Å². The zero-order valence-electron chi connectivity index (χ0n) is 17.4. The Morgan fingerprint density at radius 1 is 1.12 bits per heavy atom. The number of fused-ring (bicyclic) bond motifs is 1. The lowest BCUT2D eigenvalue weighted by Gasteiger charge is -2.16. The van der Waals surface area contributed by atoms with Gasteiger partial charge in [0, 0.05) is 24.3 Å². The standard InChI is InChI=1S/C24H20F2N4O3/c25-16-2-1-3-17(26)21(16)18-10-19(22-20(29-18)11-27-23(22)32)28-14-6-4-13(5-7-14)24(33)30-9-8-15(31)12-30/h1-7,10,15,31H,8-9,11-12H2,(H,27,32)(H,28,29)/t15-/m0/s1. The third kappa shape index (κ3) is 3.91. The Hall–Kier alpha value is -3.85. The Labute approximate surface area is 188 Å². The number of carbonyl (C=O) groups excluding carboxylic acids is 2. The summed E-state index contributed by atoms with van der Waals surface area (Å²) in [6.45, 7) is 0.974. The molecule has 0 unspecified atom stereocenters. The molecule has 0 saturated carbocycles. The van der Waals surface area contributed by atoms with Crippen LogP contribution in [0.25, 0.3) is 11.3 Å². The molecule has 1 fully saturated rings. The molecule has 33 heavy (non-hydrogen) atoms. The highest BCUT2D eigenvalue weighted by atomic mass is 19.1. The van der Waals surface area contributed by atoms with Gasteiger partial charge in [0.1, 0.15) is 11.6 Å². The van der Waals surface area contributed by atoms with Gasteiger partial charge in [-0.15, -0.1) is 0 Å². The molecule has 2 aromatic carbocycles. The van der Waals surface area contributed by atoms with Crippen molar-refractivity contribution in [2.75, 3.05) is 18.4 Å². The van der Waals surface area contributed by atoms with Crippen LogP contribution in [-0.2, 0) is 6.54 Å². The maximum atomic E-state index is 14.4. The van der Waals surface area contributed by atoms with Crippen LogP contribution in [0.2, 0.25) is 0 Å². The number of nitrogens with zero attached hydrogens (tertiary/aromatic N) is 2. The van der Waals surface area contributed by atoms with E-state index in [-0.39, 0.29) is 29.6 Å². The van der Waals surface area contributed by atoms with Crippen LogP contribution in [0.1, 0.15) is 32.8 Å². The number of aliphatic hydroxyl groups is 1. The molecule has 0 aliphatic carbocycles. The number of rotatable bonds is 4. The minimum atomic E-state index is -0.749. The second-order valence-corrected chi connectivity index (χ2v) is 8.05. The van der Waals surface area contributed by atoms with Crippen LogP contribution in [-0.4, -0.2) is 46.0 Å². The molecule has 7 nitrogen and oxygen atoms in total. The number of β-amino-alcohol motifs (C(OH)–C–C–N with tert-alkyl or cyclic N) is 1. The number of amides is 2. The van der Waals surface area contributed by atoms with Gasteiger partial charge in [-0.1, -0.05) is 6.07 Å². The minimum absolute atomic E-state index is 0.0720. The van der Waals surface area contributed by atoms with Gasteiger partial charge in [-0.05, 0) is 48.9 Å². The molecule has 0 bridgehead atoms. The molecule has 1 saturated heterocycles. The molecule has 0 radical (unpaired) electrons. The van der Waals surface area contributed by atoms with E-state index in [1.807, 2.05) is 0 Å². The van der Waals surface area contributed by atoms with Gasteiger partial charge in [0.25, 0.3) is 11.8 Å². The Morgan fingerprint density at radius 2 is 1.85 bits per heavy atom. The molecule has 3 aromatic rings. The number of anilines is 2. The highest BCUT2D eigenvalue weighted by molar-refractivity contribution is 6.04. The van der Waals surface area contributed by atoms with Gasteiger partial charge in [0.2, 0.25) is 0 Å². The number of hydrogen-bond donors (Lipinski definition) is 3. The summed E-state index contributed by atoms with van der Waals surface area (Å²) in [5.74, 6) is -2.00. The number of carbonyl (C=O) groups is 2. The van der Waals surface area contributed by atoms with Gasteiger partial charge < -0.3 is 20.6 Å². The number of aromatic nitrogens is 1. The number of nitrogens with one attached hydrogen (secondary N) is 2. The summed E-state index contributed by atoms with van der Waals surface area (Å²) < 4.78 is 28.7. The predicted octanol–water partition coefficient (Wildman–Crippen LogP) is 3.22. The van der Waals surface area contributed by atoms with E-state index in [0.29, 0.717) is 47.7 Å². The van der Waals surface area contributed by atoms with E-state index < -0.39 is 17.7 Å². The first-order valence-corrected chi connectivity index (χ1v) is 10.5. The van der Waals surface area contributed by atoms with Gasteiger partial charge in [0.05, 0.1) is 40.9 Å². The van der Waals surface area contributed by atoms with E-state index in [1.165, 1.54) is 12.1 Å². The van der Waals surface area contributed by atoms with Crippen LogP contribution < -0.4 is 10.6 Å². The molecule has 2 amide bonds. The van der Waals surface area contributed by atoms with E-state index in [1.54, 1.807) is 29.2 Å². The van der Waals surface area contributed by atoms with Gasteiger partial charge in [0.15, 0.2) is 0 Å². The molecule has 1 aromatic heterocycles. The SMILES string of the molecule is O=C1NCc2nc(-c3c(F)cccc3F)cc(Nc3ccc(C(=O)N4CC[C@H](O)C4)cc3)c21. The van der Waals surface area contributed by atoms with E-state index in [9.17, 15) is 23.5 Å². The second kappa shape index (κ2) is 8.25. The molecular formula is C24H20F2N4O3. The monoisotopic (exact) mass is 450 g/mol. The van der Waals surface area contributed by atoms with Gasteiger partial charge in [-0.3, -0.25) is 9.59 Å². The zero-order chi connectivity index (χ0) is 23.1. The van der Waals surface area contributed by atoms with Crippen molar-refractivity contribution in [1.29, 1.82) is 0 Å². The van der Waals surface area contributed by atoms with Gasteiger partial charge >= 0.3 is 0 Å². The van der Waals surface area contributed by atoms with E-state index in [0.717, 1.165) is 12.1 Å². The molecule has 3 N–H and O–H groups in total. The summed E-state index contributed by atoms with van der Waals surface area (Å²) in [4.78, 5) is 30.9. The fraction of sp³-hybridized carbons (Fsp3) is 0.208. The topological polar surface area (TPSA) is 94.6 Å². The van der Waals surface area contributed by atoms with E-state index in [2.05, 4.69) is 15.6 Å². The maximum Gasteiger partial charge on any atom is 0.255 e. The van der Waals surface area contributed by atoms with Gasteiger partial charge in [-0.2, -0.15) is 0 Å². The summed E-state index contributed by atoms with van der Waals surface area (Å²) in [7, 11) is 0. The van der Waals surface area contributed by atoms with Crippen molar-refractivity contribution in [2.24, 2.45) is 0 Å². The van der Waals surface area contributed by atoms with Crippen molar-refractivity contribution in [2.45, 2.75) is 19.1 Å². The lowest BCUT2D eigenvalue weighted by Crippen LogP contribution is -2.29. The lowest BCUT2D eigenvalue weighted by atomic mass is 10.1. The molecule has 9 heteroatoms. The second-order valence-electron chi connectivity index (χ2n) is 8.05. The summed E-state index contributed by atoms with van der Waals surface area (Å²) in [6.07, 6.45) is 0.0641. The van der Waals surface area contributed by atoms with Crippen LogP contribution in [0.3, 0.4) is 0 Å². The fourth-order valence-electron chi connectivity index (χ4n) is 4.16. The summed E-state index contributed by atoms with van der Waals surface area (Å²) in [6, 6.07) is 11.7. The molecule has 168 valence electrons. The zero-order valence-corrected chi connectivity index (χ0v) is 17.4. The van der Waals surface area contributed by atoms with Crippen LogP contribution in [0.15, 0.2) is 48.5 Å². The smallest absolute Gasteiger partial charge is 0.255 e. The third-order valence-corrected chi connectivity index (χ3v) is 5.82. The normalized spacial score (nSPS) is 17.1. The molecule has 5 rings (SSSR count). The van der Waals surface area contributed by atoms with E-state index in [4.69, 9.17) is 0 Å². The fourth-order valence-corrected chi connectivity index (χ4v) is 4.16. The van der Waals surface area contributed by atoms with Crippen LogP contribution in [0.5, 0.6) is 0 Å². The van der Waals surface area contributed by atoms with Crippen molar-refractivity contribution in [3.05, 3.63) is 77.0 Å². The molecule has 1 atom stereocenters. The third-order valence-electron chi connectivity index (χ3n) is 5.82. The summed E-state index contributed by atoms with van der Waals surface area (Å²) >= 11 is 0. The van der Waals surface area contributed by atoms with Crippen LogP contribution >= 0.6 is 0 Å². The molecular weight excluding hydrogens is 430 g/mol. The Kier molecular flexibility index (Phi) is 5.26. The number of pyridine rings is 1. The first kappa shape index (κ1) is 21.0. The van der Waals surface area contributed by atoms with Crippen molar-refractivity contribution in [3.8, 4) is 11.3 Å². The number of hydrogen-bond acceptors (Lipinski definition) is 5. The first-order valence-electron chi connectivity index (χ1n) is 10.5. The Morgan fingerprint density at radius 3 is 2.52 bits per heavy atom. The lowest BCUT2D eigenvalue weighted by molar-refractivity contribution is 0.0765. The first-order chi connectivity index (χ1) is 15.9. The number of likely N-dealkylation sites (tertiary alicyclic amines) is 1. The van der Waals surface area contributed by atoms with Gasteiger partial charge in [-0.25, -0.2) is 13.8 Å². The number of aliphatic hydroxyl groups excluding tert-OH is 1. The van der Waals surface area contributed by atoms with Crippen molar-refractivity contribution in [3.63, 3.8) is 0 Å². The predicted molar refractivity (Wildman–Crippen MR) is 117 cm³/mol. The average Bonchev–Trinajstić information content (AvgIpc) is 3.39. The maximum absolute atomic E-state index is 14.4. The number of benzene rings is 2. The van der Waals surface area contributed by atoms with Crippen LogP contribution in [0, 0.1) is 11.6 Å². The Bertz CT molecular complexity index is 1240. The molecule has 2 aliphatic heterocycles. The molecule has 3 heterocycles. The van der Waals surface area contributed by atoms with Crippen molar-refractivity contribution < 1.29 is 23.5 Å². The quantitative estimate of drug-likeness (QED) is 0.568. The number of halogens is 2. The summed E-state index contributed by atoms with van der Waals surface area (Å²) in [5.41, 5.74) is 1.92. The minimum Gasteiger partial charge on any atom is -0.391 e. The highest BCUT2D eigenvalue weighted by Crippen LogP contribution is 2.33. The average molecular weight is 450 g/mol. The largest absolute Gasteiger partial charge is 0.391 e. The van der Waals surface area contributed by atoms with E-state index >= 15 is 0 Å². The Balaban J connectivity index is 1.46. The molecule has 0 spiro atoms. The van der Waals surface area contributed by atoms with Crippen molar-refractivity contribution in [1.82, 2.24) is 15.2 Å². The molecule has 2 aliphatic rings. The summed E-state index contributed by atoms with van der Waals surface area (Å²) in [5, 5.41) is 15.4. The highest BCUT2D eigenvalue weighted by Gasteiger charge is 2.28.